The molecule has 3 aromatic rings. The Labute approximate surface area is 166 Å². The summed E-state index contributed by atoms with van der Waals surface area (Å²) >= 11 is 0. The largest absolute Gasteiger partial charge is 0.416 e. The van der Waals surface area contributed by atoms with Crippen LogP contribution in [0.2, 0.25) is 0 Å². The summed E-state index contributed by atoms with van der Waals surface area (Å²) in [6.07, 6.45) is -4.40. The quantitative estimate of drug-likeness (QED) is 0.547. The number of benzene rings is 3. The van der Waals surface area contributed by atoms with Crippen molar-refractivity contribution >= 4 is 17.3 Å². The van der Waals surface area contributed by atoms with Gasteiger partial charge in [-0.05, 0) is 53.6 Å². The molecular weight excluding hydrogens is 379 g/mol. The van der Waals surface area contributed by atoms with Crippen molar-refractivity contribution in [3.8, 4) is 11.1 Å². The van der Waals surface area contributed by atoms with Crippen LogP contribution in [0.4, 0.5) is 24.5 Å². The third kappa shape index (κ3) is 5.14. The Morgan fingerprint density at radius 2 is 1.48 bits per heavy atom. The van der Waals surface area contributed by atoms with Gasteiger partial charge in [0.1, 0.15) is 0 Å². The number of amides is 1. The highest BCUT2D eigenvalue weighted by Gasteiger charge is 2.30. The van der Waals surface area contributed by atoms with Crippen LogP contribution in [0, 0.1) is 0 Å². The van der Waals surface area contributed by atoms with E-state index < -0.39 is 11.7 Å². The summed E-state index contributed by atoms with van der Waals surface area (Å²) in [5.74, 6) is -0.344. The van der Waals surface area contributed by atoms with Crippen LogP contribution in [0.25, 0.3) is 11.1 Å². The van der Waals surface area contributed by atoms with Gasteiger partial charge in [0, 0.05) is 30.0 Å². The van der Waals surface area contributed by atoms with E-state index in [0.717, 1.165) is 17.8 Å². The predicted octanol–water partition coefficient (Wildman–Crippen LogP) is 5.00. The monoisotopic (exact) mass is 399 g/mol. The third-order valence-electron chi connectivity index (χ3n) is 4.31. The molecule has 0 aliphatic rings. The lowest BCUT2D eigenvalue weighted by Gasteiger charge is -2.12. The summed E-state index contributed by atoms with van der Waals surface area (Å²) in [6.45, 7) is 1.16. The number of carbonyl (C=O) groups excluding carboxylic acids is 1. The SMILES string of the molecule is NCCNc1ccc(NC(=O)c2ccccc2-c2ccc(C(F)(F)F)cc2)cc1. The second kappa shape index (κ2) is 8.79. The number of hydrogen-bond acceptors (Lipinski definition) is 3. The molecular formula is C22H20F3N3O. The lowest BCUT2D eigenvalue weighted by molar-refractivity contribution is -0.137. The number of halogens is 3. The fourth-order valence-electron chi connectivity index (χ4n) is 2.86. The predicted molar refractivity (Wildman–Crippen MR) is 109 cm³/mol. The van der Waals surface area contributed by atoms with Crippen LogP contribution in [0.15, 0.2) is 72.8 Å². The highest BCUT2D eigenvalue weighted by molar-refractivity contribution is 6.08. The first kappa shape index (κ1) is 20.4. The Morgan fingerprint density at radius 3 is 2.10 bits per heavy atom. The summed E-state index contributed by atoms with van der Waals surface area (Å²) in [5, 5.41) is 5.95. The van der Waals surface area contributed by atoms with Gasteiger partial charge in [0.2, 0.25) is 0 Å². The molecule has 0 radical (unpaired) electrons. The van der Waals surface area contributed by atoms with Gasteiger partial charge in [-0.25, -0.2) is 0 Å². The van der Waals surface area contributed by atoms with Gasteiger partial charge < -0.3 is 16.4 Å². The van der Waals surface area contributed by atoms with Crippen LogP contribution >= 0.6 is 0 Å². The molecule has 0 heterocycles. The van der Waals surface area contributed by atoms with Crippen molar-refractivity contribution in [1.82, 2.24) is 0 Å². The zero-order chi connectivity index (χ0) is 20.9. The van der Waals surface area contributed by atoms with Crippen LogP contribution in [0.1, 0.15) is 15.9 Å². The van der Waals surface area contributed by atoms with Crippen molar-refractivity contribution in [2.45, 2.75) is 6.18 Å². The maximum Gasteiger partial charge on any atom is 0.416 e. The van der Waals surface area contributed by atoms with E-state index in [1.165, 1.54) is 12.1 Å². The molecule has 0 aliphatic carbocycles. The van der Waals surface area contributed by atoms with Gasteiger partial charge in [-0.3, -0.25) is 4.79 Å². The minimum Gasteiger partial charge on any atom is -0.384 e. The minimum absolute atomic E-state index is 0.344. The Balaban J connectivity index is 1.80. The molecule has 0 aliphatic heterocycles. The molecule has 0 aromatic heterocycles. The topological polar surface area (TPSA) is 67.2 Å². The molecule has 4 nitrogen and oxygen atoms in total. The molecule has 7 heteroatoms. The fourth-order valence-corrected chi connectivity index (χ4v) is 2.86. The number of carbonyl (C=O) groups is 1. The maximum atomic E-state index is 12.8. The Morgan fingerprint density at radius 1 is 0.862 bits per heavy atom. The van der Waals surface area contributed by atoms with Gasteiger partial charge in [-0.2, -0.15) is 13.2 Å². The lowest BCUT2D eigenvalue weighted by atomic mass is 9.98. The summed E-state index contributed by atoms with van der Waals surface area (Å²) in [6, 6.07) is 18.7. The Bertz CT molecular complexity index is 968. The smallest absolute Gasteiger partial charge is 0.384 e. The van der Waals surface area contributed by atoms with Crippen molar-refractivity contribution in [2.75, 3.05) is 23.7 Å². The number of alkyl halides is 3. The first-order valence-corrected chi connectivity index (χ1v) is 9.00. The number of nitrogens with two attached hydrogens (primary N) is 1. The zero-order valence-corrected chi connectivity index (χ0v) is 15.5. The molecule has 0 unspecified atom stereocenters. The molecule has 0 spiro atoms. The van der Waals surface area contributed by atoms with Crippen LogP contribution in [0.3, 0.4) is 0 Å². The van der Waals surface area contributed by atoms with Crippen molar-refractivity contribution in [2.24, 2.45) is 5.73 Å². The molecule has 0 saturated heterocycles. The van der Waals surface area contributed by atoms with Crippen LogP contribution < -0.4 is 16.4 Å². The zero-order valence-electron chi connectivity index (χ0n) is 15.5. The number of rotatable bonds is 6. The molecule has 3 rings (SSSR count). The average Bonchev–Trinajstić information content (AvgIpc) is 2.73. The van der Waals surface area contributed by atoms with E-state index in [4.69, 9.17) is 5.73 Å². The van der Waals surface area contributed by atoms with Crippen molar-refractivity contribution < 1.29 is 18.0 Å². The lowest BCUT2D eigenvalue weighted by Crippen LogP contribution is -2.14. The molecule has 3 aromatic carbocycles. The molecule has 0 fully saturated rings. The van der Waals surface area contributed by atoms with Gasteiger partial charge in [0.05, 0.1) is 5.56 Å². The van der Waals surface area contributed by atoms with Gasteiger partial charge in [0.25, 0.3) is 5.91 Å². The first-order chi connectivity index (χ1) is 13.9. The molecule has 0 atom stereocenters. The van der Waals surface area contributed by atoms with Crippen molar-refractivity contribution in [3.05, 3.63) is 83.9 Å². The summed E-state index contributed by atoms with van der Waals surface area (Å²) < 4.78 is 38.4. The molecule has 29 heavy (non-hydrogen) atoms. The van der Waals surface area contributed by atoms with Crippen molar-refractivity contribution in [1.29, 1.82) is 0 Å². The van der Waals surface area contributed by atoms with Gasteiger partial charge in [-0.1, -0.05) is 30.3 Å². The van der Waals surface area contributed by atoms with E-state index in [-0.39, 0.29) is 5.91 Å². The van der Waals surface area contributed by atoms with Gasteiger partial charge in [-0.15, -0.1) is 0 Å². The third-order valence-corrected chi connectivity index (χ3v) is 4.31. The summed E-state index contributed by atoms with van der Waals surface area (Å²) in [5.41, 5.74) is 7.68. The highest BCUT2D eigenvalue weighted by Crippen LogP contribution is 2.32. The van der Waals surface area contributed by atoms with Crippen LogP contribution in [-0.2, 0) is 6.18 Å². The van der Waals surface area contributed by atoms with Gasteiger partial charge >= 0.3 is 6.18 Å². The minimum atomic E-state index is -4.40. The van der Waals surface area contributed by atoms with E-state index in [1.54, 1.807) is 36.4 Å². The molecule has 1 amide bonds. The maximum absolute atomic E-state index is 12.8. The second-order valence-corrected chi connectivity index (χ2v) is 6.37. The highest BCUT2D eigenvalue weighted by atomic mass is 19.4. The Kier molecular flexibility index (Phi) is 6.19. The first-order valence-electron chi connectivity index (χ1n) is 9.00. The molecule has 0 saturated carbocycles. The fraction of sp³-hybridized carbons (Fsp3) is 0.136. The van der Waals surface area contributed by atoms with E-state index >= 15 is 0 Å². The molecule has 0 bridgehead atoms. The van der Waals surface area contributed by atoms with E-state index in [9.17, 15) is 18.0 Å². The van der Waals surface area contributed by atoms with E-state index in [1.807, 2.05) is 12.1 Å². The van der Waals surface area contributed by atoms with Crippen LogP contribution in [-0.4, -0.2) is 19.0 Å². The number of hydrogen-bond donors (Lipinski definition) is 3. The van der Waals surface area contributed by atoms with Crippen molar-refractivity contribution in [3.63, 3.8) is 0 Å². The average molecular weight is 399 g/mol. The normalized spacial score (nSPS) is 11.2. The number of anilines is 2. The summed E-state index contributed by atoms with van der Waals surface area (Å²) in [7, 11) is 0. The standard InChI is InChI=1S/C22H20F3N3O/c23-22(24,25)16-7-5-15(6-8-16)19-3-1-2-4-20(19)21(29)28-18-11-9-17(10-12-18)27-14-13-26/h1-12,27H,13-14,26H2,(H,28,29). The molecule has 4 N–H and O–H groups in total. The summed E-state index contributed by atoms with van der Waals surface area (Å²) in [4.78, 5) is 12.8. The number of nitrogens with one attached hydrogen (secondary N) is 2. The second-order valence-electron chi connectivity index (χ2n) is 6.37. The van der Waals surface area contributed by atoms with E-state index in [0.29, 0.717) is 35.5 Å². The van der Waals surface area contributed by atoms with E-state index in [2.05, 4.69) is 10.6 Å². The van der Waals surface area contributed by atoms with Crippen LogP contribution in [0.5, 0.6) is 0 Å². The van der Waals surface area contributed by atoms with Gasteiger partial charge in [0.15, 0.2) is 0 Å². The molecule has 150 valence electrons. The Hall–Kier alpha value is -3.32.